The molecule has 3 N–H and O–H groups in total. The van der Waals surface area contributed by atoms with Crippen LogP contribution in [0.1, 0.15) is 31.9 Å². The van der Waals surface area contributed by atoms with E-state index >= 15 is 0 Å². The molecule has 102 valence electrons. The summed E-state index contributed by atoms with van der Waals surface area (Å²) in [6, 6.07) is 7.99. The summed E-state index contributed by atoms with van der Waals surface area (Å²) in [7, 11) is 0. The standard InChI is InChI=1S/C14H23ClN2O/c1-3-13(16)14(17(4-2)9-10-18)11-5-7-12(15)8-6-11/h5-8,13-14,18H,3-4,9-10,16H2,1-2H3. The van der Waals surface area contributed by atoms with E-state index in [2.05, 4.69) is 18.7 Å². The van der Waals surface area contributed by atoms with E-state index in [4.69, 9.17) is 22.4 Å². The number of likely N-dealkylation sites (N-methyl/N-ethyl adjacent to an activating group) is 1. The van der Waals surface area contributed by atoms with E-state index in [0.29, 0.717) is 6.54 Å². The molecule has 1 aromatic rings. The lowest BCUT2D eigenvalue weighted by Crippen LogP contribution is -2.42. The molecule has 1 rings (SSSR count). The number of hydrogen-bond donors (Lipinski definition) is 2. The van der Waals surface area contributed by atoms with Gasteiger partial charge in [0.2, 0.25) is 0 Å². The summed E-state index contributed by atoms with van der Waals surface area (Å²) < 4.78 is 0. The average Bonchev–Trinajstić information content (AvgIpc) is 2.39. The number of rotatable bonds is 7. The highest BCUT2D eigenvalue weighted by atomic mass is 35.5. The smallest absolute Gasteiger partial charge is 0.0558 e. The minimum absolute atomic E-state index is 0.0534. The van der Waals surface area contributed by atoms with Gasteiger partial charge in [0.25, 0.3) is 0 Å². The van der Waals surface area contributed by atoms with Crippen LogP contribution >= 0.6 is 11.6 Å². The summed E-state index contributed by atoms with van der Waals surface area (Å²) >= 11 is 5.92. The van der Waals surface area contributed by atoms with Crippen molar-refractivity contribution in [3.8, 4) is 0 Å². The summed E-state index contributed by atoms with van der Waals surface area (Å²) in [6.45, 7) is 5.81. The van der Waals surface area contributed by atoms with Crippen LogP contribution in [-0.4, -0.2) is 35.7 Å². The van der Waals surface area contributed by atoms with Gasteiger partial charge in [0.05, 0.1) is 6.61 Å². The Labute approximate surface area is 115 Å². The highest BCUT2D eigenvalue weighted by Crippen LogP contribution is 2.26. The van der Waals surface area contributed by atoms with Gasteiger partial charge < -0.3 is 10.8 Å². The largest absolute Gasteiger partial charge is 0.395 e. The number of nitrogens with two attached hydrogens (primary N) is 1. The van der Waals surface area contributed by atoms with Gasteiger partial charge in [-0.2, -0.15) is 0 Å². The van der Waals surface area contributed by atoms with Gasteiger partial charge in [-0.05, 0) is 30.7 Å². The number of nitrogens with zero attached hydrogens (tertiary/aromatic N) is 1. The van der Waals surface area contributed by atoms with Gasteiger partial charge in [-0.3, -0.25) is 4.90 Å². The zero-order valence-corrected chi connectivity index (χ0v) is 11.9. The Kier molecular flexibility index (Phi) is 6.65. The molecule has 18 heavy (non-hydrogen) atoms. The minimum Gasteiger partial charge on any atom is -0.395 e. The fourth-order valence-corrected chi connectivity index (χ4v) is 2.36. The summed E-state index contributed by atoms with van der Waals surface area (Å²) in [5.41, 5.74) is 7.39. The average molecular weight is 271 g/mol. The first kappa shape index (κ1) is 15.4. The Morgan fingerprint density at radius 1 is 1.28 bits per heavy atom. The molecule has 2 atom stereocenters. The van der Waals surface area contributed by atoms with Crippen LogP contribution in [-0.2, 0) is 0 Å². The lowest BCUT2D eigenvalue weighted by atomic mass is 9.96. The first-order valence-electron chi connectivity index (χ1n) is 6.50. The number of aliphatic hydroxyl groups excluding tert-OH is 1. The molecule has 3 nitrogen and oxygen atoms in total. The van der Waals surface area contributed by atoms with E-state index in [1.807, 2.05) is 24.3 Å². The van der Waals surface area contributed by atoms with Crippen molar-refractivity contribution >= 4 is 11.6 Å². The van der Waals surface area contributed by atoms with Crippen LogP contribution in [0.3, 0.4) is 0 Å². The molecule has 0 aromatic heterocycles. The van der Waals surface area contributed by atoms with E-state index in [0.717, 1.165) is 23.6 Å². The van der Waals surface area contributed by atoms with Gasteiger partial charge in [0.15, 0.2) is 0 Å². The SMILES string of the molecule is CCC(N)C(c1ccc(Cl)cc1)N(CC)CCO. The van der Waals surface area contributed by atoms with Crippen molar-refractivity contribution in [2.24, 2.45) is 5.73 Å². The molecule has 0 fully saturated rings. The van der Waals surface area contributed by atoms with Crippen LogP contribution in [0, 0.1) is 0 Å². The molecule has 4 heteroatoms. The number of benzene rings is 1. The topological polar surface area (TPSA) is 49.5 Å². The van der Waals surface area contributed by atoms with Crippen molar-refractivity contribution < 1.29 is 5.11 Å². The van der Waals surface area contributed by atoms with Crippen molar-refractivity contribution in [2.75, 3.05) is 19.7 Å². The zero-order valence-electron chi connectivity index (χ0n) is 11.1. The maximum atomic E-state index is 9.16. The van der Waals surface area contributed by atoms with Crippen LogP contribution in [0.2, 0.25) is 5.02 Å². The Bertz CT molecular complexity index is 342. The Morgan fingerprint density at radius 2 is 1.89 bits per heavy atom. The third-order valence-corrected chi connectivity index (χ3v) is 3.53. The normalized spacial score (nSPS) is 14.8. The summed E-state index contributed by atoms with van der Waals surface area (Å²) in [6.07, 6.45) is 0.898. The molecule has 0 aliphatic carbocycles. The predicted molar refractivity (Wildman–Crippen MR) is 76.8 cm³/mol. The van der Waals surface area contributed by atoms with Crippen molar-refractivity contribution in [3.05, 3.63) is 34.9 Å². The molecule has 0 heterocycles. The summed E-state index contributed by atoms with van der Waals surface area (Å²) in [5, 5.41) is 9.89. The van der Waals surface area contributed by atoms with Crippen molar-refractivity contribution in [2.45, 2.75) is 32.4 Å². The molecular formula is C14H23ClN2O. The Balaban J connectivity index is 2.99. The van der Waals surface area contributed by atoms with Crippen molar-refractivity contribution in [1.82, 2.24) is 4.90 Å². The fourth-order valence-electron chi connectivity index (χ4n) is 2.23. The predicted octanol–water partition coefficient (Wildman–Crippen LogP) is 2.43. The zero-order chi connectivity index (χ0) is 13.5. The molecule has 2 unspecified atom stereocenters. The second-order valence-corrected chi connectivity index (χ2v) is 4.86. The Hall–Kier alpha value is -0.610. The molecule has 0 amide bonds. The van der Waals surface area contributed by atoms with Gasteiger partial charge >= 0.3 is 0 Å². The van der Waals surface area contributed by atoms with E-state index in [-0.39, 0.29) is 18.7 Å². The second-order valence-electron chi connectivity index (χ2n) is 4.42. The highest BCUT2D eigenvalue weighted by Gasteiger charge is 2.24. The maximum Gasteiger partial charge on any atom is 0.0558 e. The van der Waals surface area contributed by atoms with Crippen LogP contribution < -0.4 is 5.73 Å². The van der Waals surface area contributed by atoms with Crippen molar-refractivity contribution in [1.29, 1.82) is 0 Å². The van der Waals surface area contributed by atoms with Gasteiger partial charge in [-0.1, -0.05) is 37.6 Å². The third kappa shape index (κ3) is 3.95. The number of hydrogen-bond acceptors (Lipinski definition) is 3. The minimum atomic E-state index is 0.0534. The Morgan fingerprint density at radius 3 is 2.33 bits per heavy atom. The lowest BCUT2D eigenvalue weighted by molar-refractivity contribution is 0.138. The molecule has 0 radical (unpaired) electrons. The third-order valence-electron chi connectivity index (χ3n) is 3.28. The number of aliphatic hydroxyl groups is 1. The molecule has 0 saturated heterocycles. The monoisotopic (exact) mass is 270 g/mol. The van der Waals surface area contributed by atoms with Crippen LogP contribution in [0.5, 0.6) is 0 Å². The summed E-state index contributed by atoms with van der Waals surface area (Å²) in [5.74, 6) is 0. The molecule has 0 spiro atoms. The molecule has 0 saturated carbocycles. The molecule has 0 aliphatic heterocycles. The van der Waals surface area contributed by atoms with Gasteiger partial charge in [0.1, 0.15) is 0 Å². The van der Waals surface area contributed by atoms with Crippen LogP contribution in [0.25, 0.3) is 0 Å². The van der Waals surface area contributed by atoms with E-state index < -0.39 is 0 Å². The lowest BCUT2D eigenvalue weighted by Gasteiger charge is -2.34. The summed E-state index contributed by atoms with van der Waals surface area (Å²) in [4.78, 5) is 2.21. The van der Waals surface area contributed by atoms with E-state index in [1.165, 1.54) is 0 Å². The molecule has 0 bridgehead atoms. The van der Waals surface area contributed by atoms with Crippen molar-refractivity contribution in [3.63, 3.8) is 0 Å². The maximum absolute atomic E-state index is 9.16. The molecular weight excluding hydrogens is 248 g/mol. The van der Waals surface area contributed by atoms with E-state index in [1.54, 1.807) is 0 Å². The van der Waals surface area contributed by atoms with Gasteiger partial charge in [0, 0.05) is 23.7 Å². The van der Waals surface area contributed by atoms with E-state index in [9.17, 15) is 0 Å². The first-order chi connectivity index (χ1) is 8.63. The highest BCUT2D eigenvalue weighted by molar-refractivity contribution is 6.30. The molecule has 0 aliphatic rings. The fraction of sp³-hybridized carbons (Fsp3) is 0.571. The molecule has 1 aromatic carbocycles. The second kappa shape index (κ2) is 7.74. The van der Waals surface area contributed by atoms with Crippen LogP contribution in [0.4, 0.5) is 0 Å². The van der Waals surface area contributed by atoms with Gasteiger partial charge in [-0.15, -0.1) is 0 Å². The number of halogens is 1. The van der Waals surface area contributed by atoms with Crippen LogP contribution in [0.15, 0.2) is 24.3 Å². The van der Waals surface area contributed by atoms with Gasteiger partial charge in [-0.25, -0.2) is 0 Å². The first-order valence-corrected chi connectivity index (χ1v) is 6.87. The quantitative estimate of drug-likeness (QED) is 0.800.